The second kappa shape index (κ2) is 6.59. The molecule has 19 heavy (non-hydrogen) atoms. The molecule has 1 fully saturated rings. The molecule has 1 N–H and O–H groups in total. The Bertz CT molecular complexity index is 307. The maximum Gasteiger partial charge on any atom is 0.389 e. The minimum Gasteiger partial charge on any atom is -0.326 e. The highest BCUT2D eigenvalue weighted by molar-refractivity contribution is 5.84. The van der Waals surface area contributed by atoms with Crippen LogP contribution in [-0.4, -0.2) is 35.7 Å². The van der Waals surface area contributed by atoms with Gasteiger partial charge in [-0.25, -0.2) is 0 Å². The number of amides is 1. The first-order valence-corrected chi connectivity index (χ1v) is 6.93. The van der Waals surface area contributed by atoms with Crippen LogP contribution >= 0.6 is 0 Å². The van der Waals surface area contributed by atoms with Gasteiger partial charge in [0.05, 0.1) is 12.2 Å². The minimum absolute atomic E-state index is 0.0271. The van der Waals surface area contributed by atoms with Crippen LogP contribution in [0.3, 0.4) is 0 Å². The Balaban J connectivity index is 2.58. The molecule has 0 saturated carbocycles. The van der Waals surface area contributed by atoms with Crippen LogP contribution in [0.5, 0.6) is 0 Å². The van der Waals surface area contributed by atoms with Crippen LogP contribution in [0.15, 0.2) is 0 Å². The lowest BCUT2D eigenvalue weighted by atomic mass is 9.99. The minimum atomic E-state index is -4.14. The van der Waals surface area contributed by atoms with E-state index in [-0.39, 0.29) is 37.0 Å². The summed E-state index contributed by atoms with van der Waals surface area (Å²) in [5, 5.41) is 3.23. The number of rotatable bonds is 6. The molecule has 6 heteroatoms. The summed E-state index contributed by atoms with van der Waals surface area (Å²) >= 11 is 0. The van der Waals surface area contributed by atoms with Gasteiger partial charge in [-0.15, -0.1) is 0 Å². The van der Waals surface area contributed by atoms with E-state index in [2.05, 4.69) is 5.32 Å². The third kappa shape index (κ3) is 4.37. The van der Waals surface area contributed by atoms with Crippen LogP contribution < -0.4 is 5.32 Å². The van der Waals surface area contributed by atoms with Crippen molar-refractivity contribution in [1.29, 1.82) is 0 Å². The van der Waals surface area contributed by atoms with Crippen molar-refractivity contribution in [3.8, 4) is 0 Å². The smallest absolute Gasteiger partial charge is 0.326 e. The lowest BCUT2D eigenvalue weighted by molar-refractivity contribution is -0.140. The Labute approximate surface area is 112 Å². The highest BCUT2D eigenvalue weighted by Crippen LogP contribution is 2.24. The zero-order valence-corrected chi connectivity index (χ0v) is 11.8. The Morgan fingerprint density at radius 3 is 2.47 bits per heavy atom. The summed E-state index contributed by atoms with van der Waals surface area (Å²) in [6.07, 6.45) is -3.55. The molecule has 1 amide bonds. The van der Waals surface area contributed by atoms with Crippen LogP contribution in [0.1, 0.15) is 46.5 Å². The fourth-order valence-corrected chi connectivity index (χ4v) is 2.40. The first kappa shape index (κ1) is 16.3. The molecule has 3 atom stereocenters. The number of alkyl halides is 3. The second-order valence-corrected chi connectivity index (χ2v) is 5.20. The van der Waals surface area contributed by atoms with Crippen LogP contribution in [-0.2, 0) is 4.79 Å². The zero-order chi connectivity index (χ0) is 14.6. The zero-order valence-electron chi connectivity index (χ0n) is 11.8. The number of halogens is 3. The van der Waals surface area contributed by atoms with Gasteiger partial charge in [0.15, 0.2) is 0 Å². The number of hydrogen-bond donors (Lipinski definition) is 1. The van der Waals surface area contributed by atoms with E-state index in [0.29, 0.717) is 6.42 Å². The van der Waals surface area contributed by atoms with Crippen molar-refractivity contribution >= 4 is 5.91 Å². The fraction of sp³-hybridized carbons (Fsp3) is 0.923. The third-order valence-corrected chi connectivity index (χ3v) is 3.76. The molecule has 1 rings (SSSR count). The fourth-order valence-electron chi connectivity index (χ4n) is 2.40. The summed E-state index contributed by atoms with van der Waals surface area (Å²) in [5.41, 5.74) is 0. The van der Waals surface area contributed by atoms with Gasteiger partial charge >= 0.3 is 6.18 Å². The first-order valence-electron chi connectivity index (χ1n) is 6.93. The molecule has 0 aromatic carbocycles. The molecule has 0 bridgehead atoms. The molecular formula is C13H23F3N2O. The van der Waals surface area contributed by atoms with Gasteiger partial charge in [0.2, 0.25) is 5.91 Å². The Kier molecular flexibility index (Phi) is 5.64. The summed E-state index contributed by atoms with van der Waals surface area (Å²) in [7, 11) is 0. The van der Waals surface area contributed by atoms with Gasteiger partial charge in [-0.3, -0.25) is 10.1 Å². The molecule has 1 saturated heterocycles. The highest BCUT2D eigenvalue weighted by atomic mass is 19.4. The molecule has 0 aliphatic carbocycles. The largest absolute Gasteiger partial charge is 0.389 e. The van der Waals surface area contributed by atoms with E-state index in [1.807, 2.05) is 20.8 Å². The average Bonchev–Trinajstić information content (AvgIpc) is 2.64. The molecule has 112 valence electrons. The van der Waals surface area contributed by atoms with Crippen LogP contribution in [0, 0.1) is 5.92 Å². The standard InChI is InChI=1S/C13H23F3N2O/c1-4-9(3)11-12(19)18(10(5-2)17-11)8-6-7-13(14,15)16/h9-11,17H,4-8H2,1-3H3. The molecule has 1 aliphatic heterocycles. The molecule has 3 unspecified atom stereocenters. The van der Waals surface area contributed by atoms with Gasteiger partial charge in [-0.1, -0.05) is 27.2 Å². The first-order chi connectivity index (χ1) is 8.80. The third-order valence-electron chi connectivity index (χ3n) is 3.76. The molecule has 3 nitrogen and oxygen atoms in total. The van der Waals surface area contributed by atoms with Gasteiger partial charge in [0.1, 0.15) is 0 Å². The Hall–Kier alpha value is -0.780. The van der Waals surface area contributed by atoms with Crippen molar-refractivity contribution in [3.63, 3.8) is 0 Å². The van der Waals surface area contributed by atoms with E-state index >= 15 is 0 Å². The van der Waals surface area contributed by atoms with E-state index < -0.39 is 12.6 Å². The van der Waals surface area contributed by atoms with Gasteiger partial charge in [-0.05, 0) is 18.8 Å². The number of carbonyl (C=O) groups excluding carboxylic acids is 1. The van der Waals surface area contributed by atoms with Gasteiger partial charge in [0.25, 0.3) is 0 Å². The molecule has 1 heterocycles. The van der Waals surface area contributed by atoms with Crippen LogP contribution in [0.4, 0.5) is 13.2 Å². The normalized spacial score (nSPS) is 26.0. The van der Waals surface area contributed by atoms with Crippen LogP contribution in [0.25, 0.3) is 0 Å². The topological polar surface area (TPSA) is 32.3 Å². The second-order valence-electron chi connectivity index (χ2n) is 5.20. The number of carbonyl (C=O) groups is 1. The predicted octanol–water partition coefficient (Wildman–Crippen LogP) is 2.91. The molecular weight excluding hydrogens is 257 g/mol. The van der Waals surface area contributed by atoms with Crippen LogP contribution in [0.2, 0.25) is 0 Å². The molecule has 0 spiro atoms. The van der Waals surface area contributed by atoms with Crippen molar-refractivity contribution in [3.05, 3.63) is 0 Å². The summed E-state index contributed by atoms with van der Waals surface area (Å²) in [4.78, 5) is 13.8. The van der Waals surface area contributed by atoms with E-state index in [9.17, 15) is 18.0 Å². The average molecular weight is 280 g/mol. The predicted molar refractivity (Wildman–Crippen MR) is 67.5 cm³/mol. The maximum atomic E-state index is 12.2. The summed E-state index contributed by atoms with van der Waals surface area (Å²) in [6, 6.07) is -0.249. The molecule has 1 aliphatic rings. The summed E-state index contributed by atoms with van der Waals surface area (Å²) in [5.74, 6) is 0.151. The van der Waals surface area contributed by atoms with Crippen molar-refractivity contribution in [2.45, 2.75) is 64.8 Å². The van der Waals surface area contributed by atoms with E-state index in [1.165, 1.54) is 0 Å². The number of nitrogens with one attached hydrogen (secondary N) is 1. The van der Waals surface area contributed by atoms with Crippen molar-refractivity contribution in [1.82, 2.24) is 10.2 Å². The Morgan fingerprint density at radius 2 is 2.00 bits per heavy atom. The van der Waals surface area contributed by atoms with E-state index in [0.717, 1.165) is 6.42 Å². The highest BCUT2D eigenvalue weighted by Gasteiger charge is 2.40. The van der Waals surface area contributed by atoms with Gasteiger partial charge in [-0.2, -0.15) is 13.2 Å². The molecule has 0 aromatic heterocycles. The van der Waals surface area contributed by atoms with Crippen molar-refractivity contribution in [2.75, 3.05) is 6.54 Å². The van der Waals surface area contributed by atoms with Crippen molar-refractivity contribution in [2.24, 2.45) is 5.92 Å². The quantitative estimate of drug-likeness (QED) is 0.811. The Morgan fingerprint density at radius 1 is 1.37 bits per heavy atom. The van der Waals surface area contributed by atoms with Gasteiger partial charge in [0, 0.05) is 13.0 Å². The maximum absolute atomic E-state index is 12.2. The van der Waals surface area contributed by atoms with E-state index in [4.69, 9.17) is 0 Å². The lowest BCUT2D eigenvalue weighted by Gasteiger charge is -2.23. The van der Waals surface area contributed by atoms with E-state index in [1.54, 1.807) is 4.90 Å². The van der Waals surface area contributed by atoms with Crippen molar-refractivity contribution < 1.29 is 18.0 Å². The monoisotopic (exact) mass is 280 g/mol. The lowest BCUT2D eigenvalue weighted by Crippen LogP contribution is -2.37. The molecule has 0 aromatic rings. The SMILES string of the molecule is CCC(C)C1NC(CC)N(CCCC(F)(F)F)C1=O. The summed E-state index contributed by atoms with van der Waals surface area (Å²) < 4.78 is 36.4. The molecule has 0 radical (unpaired) electrons. The number of hydrogen-bond acceptors (Lipinski definition) is 2. The van der Waals surface area contributed by atoms with Gasteiger partial charge < -0.3 is 4.90 Å². The number of nitrogens with zero attached hydrogens (tertiary/aromatic N) is 1. The summed E-state index contributed by atoms with van der Waals surface area (Å²) in [6.45, 7) is 6.10.